The predicted molar refractivity (Wildman–Crippen MR) is 87.1 cm³/mol. The second kappa shape index (κ2) is 6.42. The number of hydrogen-bond acceptors (Lipinski definition) is 3. The highest BCUT2D eigenvalue weighted by molar-refractivity contribution is 5.94. The second-order valence-corrected chi connectivity index (χ2v) is 7.02. The van der Waals surface area contributed by atoms with Crippen LogP contribution in [0, 0.1) is 11.2 Å². The lowest BCUT2D eigenvalue weighted by molar-refractivity contribution is -0.129. The molecule has 0 saturated carbocycles. The normalized spacial score (nSPS) is 21.0. The van der Waals surface area contributed by atoms with Crippen LogP contribution in [-0.2, 0) is 4.79 Å². The van der Waals surface area contributed by atoms with Crippen LogP contribution in [0.3, 0.4) is 0 Å². The molecule has 1 N–H and O–H groups in total. The highest BCUT2D eigenvalue weighted by Gasteiger charge is 2.38. The highest BCUT2D eigenvalue weighted by atomic mass is 19.1. The van der Waals surface area contributed by atoms with Gasteiger partial charge in [0.2, 0.25) is 5.91 Å². The molecule has 1 aromatic carbocycles. The zero-order chi connectivity index (χ0) is 17.3. The van der Waals surface area contributed by atoms with Crippen molar-refractivity contribution in [2.75, 3.05) is 26.7 Å². The number of phenols is 1. The lowest BCUT2D eigenvalue weighted by atomic mass is 9.73. The number of aromatic hydroxyl groups is 1. The third kappa shape index (κ3) is 3.23. The van der Waals surface area contributed by atoms with Gasteiger partial charge in [-0.25, -0.2) is 4.39 Å². The van der Waals surface area contributed by atoms with Gasteiger partial charge in [0, 0.05) is 38.7 Å². The standard InChI is InChI=1S/C18H23FN2O3/c1-20-9-6-18(5-4-16(20)23)7-10-21(11-8-18)17(24)13-2-3-15(22)14(19)12-13/h2-3,12,22H,4-11H2,1H3. The van der Waals surface area contributed by atoms with Crippen molar-refractivity contribution in [3.63, 3.8) is 0 Å². The van der Waals surface area contributed by atoms with Crippen molar-refractivity contribution in [1.29, 1.82) is 0 Å². The van der Waals surface area contributed by atoms with Gasteiger partial charge in [-0.3, -0.25) is 9.59 Å². The summed E-state index contributed by atoms with van der Waals surface area (Å²) in [6, 6.07) is 3.74. The third-order valence-electron chi connectivity index (χ3n) is 5.58. The molecule has 0 bridgehead atoms. The maximum absolute atomic E-state index is 13.5. The average Bonchev–Trinajstić information content (AvgIpc) is 2.72. The molecule has 6 heteroatoms. The summed E-state index contributed by atoms with van der Waals surface area (Å²) in [6.07, 6.45) is 4.19. The first-order valence-electron chi connectivity index (χ1n) is 8.42. The Hall–Kier alpha value is -2.11. The summed E-state index contributed by atoms with van der Waals surface area (Å²) >= 11 is 0. The molecule has 5 nitrogen and oxygen atoms in total. The highest BCUT2D eigenvalue weighted by Crippen LogP contribution is 2.41. The van der Waals surface area contributed by atoms with Crippen LogP contribution >= 0.6 is 0 Å². The third-order valence-corrected chi connectivity index (χ3v) is 5.58. The zero-order valence-corrected chi connectivity index (χ0v) is 13.9. The van der Waals surface area contributed by atoms with Gasteiger partial charge < -0.3 is 14.9 Å². The lowest BCUT2D eigenvalue weighted by Gasteiger charge is -2.41. The molecular weight excluding hydrogens is 311 g/mol. The van der Waals surface area contributed by atoms with Gasteiger partial charge >= 0.3 is 0 Å². The van der Waals surface area contributed by atoms with Crippen LogP contribution in [0.4, 0.5) is 4.39 Å². The zero-order valence-electron chi connectivity index (χ0n) is 13.9. The molecule has 130 valence electrons. The van der Waals surface area contributed by atoms with E-state index < -0.39 is 11.6 Å². The fourth-order valence-electron chi connectivity index (χ4n) is 3.72. The average molecular weight is 334 g/mol. The van der Waals surface area contributed by atoms with E-state index in [0.29, 0.717) is 19.5 Å². The molecule has 2 aliphatic rings. The van der Waals surface area contributed by atoms with E-state index in [4.69, 9.17) is 0 Å². The van der Waals surface area contributed by atoms with Crippen molar-refractivity contribution < 1.29 is 19.1 Å². The van der Waals surface area contributed by atoms with Crippen molar-refractivity contribution in [2.24, 2.45) is 5.41 Å². The summed E-state index contributed by atoms with van der Waals surface area (Å²) in [5, 5.41) is 9.24. The SMILES string of the molecule is CN1CCC2(CCC1=O)CCN(C(=O)c1ccc(O)c(F)c1)CC2. The van der Waals surface area contributed by atoms with Crippen LogP contribution in [0.15, 0.2) is 18.2 Å². The molecule has 2 saturated heterocycles. The molecule has 0 aromatic heterocycles. The molecule has 2 amide bonds. The van der Waals surface area contributed by atoms with Gasteiger partial charge in [-0.2, -0.15) is 0 Å². The topological polar surface area (TPSA) is 60.9 Å². The number of carbonyl (C=O) groups excluding carboxylic acids is 2. The Kier molecular flexibility index (Phi) is 4.47. The number of piperidine rings is 1. The Morgan fingerprint density at radius 2 is 1.83 bits per heavy atom. The molecule has 3 rings (SSSR count). The summed E-state index contributed by atoms with van der Waals surface area (Å²) < 4.78 is 13.5. The van der Waals surface area contributed by atoms with Crippen molar-refractivity contribution in [2.45, 2.75) is 32.1 Å². The number of likely N-dealkylation sites (tertiary alicyclic amines) is 2. The first kappa shape index (κ1) is 16.7. The smallest absolute Gasteiger partial charge is 0.253 e. The number of amides is 2. The Bertz CT molecular complexity index is 654. The molecule has 1 spiro atoms. The molecule has 1 aromatic rings. The minimum Gasteiger partial charge on any atom is -0.505 e. The van der Waals surface area contributed by atoms with Crippen LogP contribution in [0.5, 0.6) is 5.75 Å². The molecule has 2 aliphatic heterocycles. The minimum absolute atomic E-state index is 0.136. The van der Waals surface area contributed by atoms with E-state index in [-0.39, 0.29) is 22.8 Å². The first-order valence-corrected chi connectivity index (χ1v) is 8.42. The maximum Gasteiger partial charge on any atom is 0.253 e. The molecule has 24 heavy (non-hydrogen) atoms. The number of carbonyl (C=O) groups is 2. The number of hydrogen-bond donors (Lipinski definition) is 1. The fraction of sp³-hybridized carbons (Fsp3) is 0.556. The van der Waals surface area contributed by atoms with Crippen LogP contribution in [0.25, 0.3) is 0 Å². The van der Waals surface area contributed by atoms with Crippen molar-refractivity contribution in [3.05, 3.63) is 29.6 Å². The molecule has 2 fully saturated rings. The van der Waals surface area contributed by atoms with E-state index in [1.54, 1.807) is 9.80 Å². The summed E-state index contributed by atoms with van der Waals surface area (Å²) in [6.45, 7) is 2.02. The molecule has 2 heterocycles. The Balaban J connectivity index is 1.65. The van der Waals surface area contributed by atoms with Gasteiger partial charge in [-0.05, 0) is 49.3 Å². The quantitative estimate of drug-likeness (QED) is 0.858. The number of benzene rings is 1. The summed E-state index contributed by atoms with van der Waals surface area (Å²) in [7, 11) is 1.85. The lowest BCUT2D eigenvalue weighted by Crippen LogP contribution is -2.43. The van der Waals surface area contributed by atoms with Crippen molar-refractivity contribution >= 4 is 11.8 Å². The van der Waals surface area contributed by atoms with E-state index in [2.05, 4.69) is 0 Å². The van der Waals surface area contributed by atoms with Gasteiger partial charge in [0.25, 0.3) is 5.91 Å². The number of rotatable bonds is 1. The van der Waals surface area contributed by atoms with Gasteiger partial charge in [0.1, 0.15) is 0 Å². The van der Waals surface area contributed by atoms with Crippen LogP contribution in [0.2, 0.25) is 0 Å². The van der Waals surface area contributed by atoms with Crippen LogP contribution in [0.1, 0.15) is 42.5 Å². The van der Waals surface area contributed by atoms with Crippen LogP contribution in [-0.4, -0.2) is 53.4 Å². The van der Waals surface area contributed by atoms with E-state index in [0.717, 1.165) is 38.3 Å². The molecule has 0 aliphatic carbocycles. The van der Waals surface area contributed by atoms with Crippen LogP contribution < -0.4 is 0 Å². The summed E-state index contributed by atoms with van der Waals surface area (Å²) in [4.78, 5) is 27.9. The summed E-state index contributed by atoms with van der Waals surface area (Å²) in [5.41, 5.74) is 0.397. The predicted octanol–water partition coefficient (Wildman–Crippen LogP) is 2.40. The fourth-order valence-corrected chi connectivity index (χ4v) is 3.72. The minimum atomic E-state index is -0.778. The van der Waals surface area contributed by atoms with Crippen molar-refractivity contribution in [3.8, 4) is 5.75 Å². The number of halogens is 1. The second-order valence-electron chi connectivity index (χ2n) is 7.02. The van der Waals surface area contributed by atoms with Gasteiger partial charge in [-0.1, -0.05) is 0 Å². The first-order chi connectivity index (χ1) is 11.4. The van der Waals surface area contributed by atoms with E-state index >= 15 is 0 Å². The maximum atomic E-state index is 13.5. The Morgan fingerprint density at radius 3 is 2.50 bits per heavy atom. The molecular formula is C18H23FN2O3. The molecule has 0 radical (unpaired) electrons. The number of phenolic OH excluding ortho intramolecular Hbond substituents is 1. The molecule has 0 unspecified atom stereocenters. The summed E-state index contributed by atoms with van der Waals surface area (Å²) in [5.74, 6) is -1.23. The van der Waals surface area contributed by atoms with Gasteiger partial charge in [0.05, 0.1) is 0 Å². The Labute approximate surface area is 141 Å². The van der Waals surface area contributed by atoms with E-state index in [1.807, 2.05) is 7.05 Å². The van der Waals surface area contributed by atoms with E-state index in [9.17, 15) is 19.1 Å². The van der Waals surface area contributed by atoms with E-state index in [1.165, 1.54) is 12.1 Å². The number of nitrogens with zero attached hydrogens (tertiary/aromatic N) is 2. The van der Waals surface area contributed by atoms with Gasteiger partial charge in [-0.15, -0.1) is 0 Å². The van der Waals surface area contributed by atoms with Gasteiger partial charge in [0.15, 0.2) is 11.6 Å². The monoisotopic (exact) mass is 334 g/mol. The molecule has 0 atom stereocenters. The Morgan fingerprint density at radius 1 is 1.17 bits per heavy atom. The van der Waals surface area contributed by atoms with Crippen molar-refractivity contribution in [1.82, 2.24) is 9.80 Å². The largest absolute Gasteiger partial charge is 0.505 e.